The second-order valence-electron chi connectivity index (χ2n) is 7.29. The van der Waals surface area contributed by atoms with Crippen molar-refractivity contribution in [3.63, 3.8) is 0 Å². The van der Waals surface area contributed by atoms with E-state index in [9.17, 15) is 9.18 Å². The van der Waals surface area contributed by atoms with Crippen molar-refractivity contribution < 1.29 is 13.9 Å². The van der Waals surface area contributed by atoms with Crippen molar-refractivity contribution in [1.29, 1.82) is 0 Å². The third-order valence-electron chi connectivity index (χ3n) is 5.05. The number of benzene rings is 2. The van der Waals surface area contributed by atoms with Crippen LogP contribution in [0.5, 0.6) is 5.75 Å². The highest BCUT2D eigenvalue weighted by Crippen LogP contribution is 2.16. The quantitative estimate of drug-likeness (QED) is 0.656. The molecule has 1 fully saturated rings. The molecule has 0 atom stereocenters. The molecule has 3 rings (SSSR count). The average molecular weight is 384 g/mol. The minimum absolute atomic E-state index is 0.00983. The maximum Gasteiger partial charge on any atom is 0.220 e. The molecule has 0 aromatic heterocycles. The fraction of sp³-hybridized carbons (Fsp3) is 0.435. The highest BCUT2D eigenvalue weighted by atomic mass is 19.1. The predicted octanol–water partition coefficient (Wildman–Crippen LogP) is 4.29. The lowest BCUT2D eigenvalue weighted by Gasteiger charge is -2.27. The lowest BCUT2D eigenvalue weighted by atomic mass is 10.0. The van der Waals surface area contributed by atoms with Crippen molar-refractivity contribution in [2.24, 2.45) is 0 Å². The number of nitrogens with one attached hydrogen (secondary N) is 1. The van der Waals surface area contributed by atoms with E-state index in [-0.39, 0.29) is 11.7 Å². The van der Waals surface area contributed by atoms with Crippen molar-refractivity contribution in [2.45, 2.75) is 45.2 Å². The first-order valence-electron chi connectivity index (χ1n) is 10.1. The van der Waals surface area contributed by atoms with Crippen molar-refractivity contribution in [2.75, 3.05) is 19.7 Å². The maximum absolute atomic E-state index is 13.1. The Bertz CT molecular complexity index is 760. The van der Waals surface area contributed by atoms with Crippen molar-refractivity contribution in [3.8, 4) is 5.75 Å². The van der Waals surface area contributed by atoms with E-state index in [1.165, 1.54) is 42.5 Å². The Morgan fingerprint density at radius 2 is 1.82 bits per heavy atom. The van der Waals surface area contributed by atoms with Crippen LogP contribution in [0.2, 0.25) is 0 Å². The predicted molar refractivity (Wildman–Crippen MR) is 109 cm³/mol. The number of ether oxygens (including phenoxy) is 1. The summed E-state index contributed by atoms with van der Waals surface area (Å²) in [5.74, 6) is 0.182. The Kier molecular flexibility index (Phi) is 7.85. The summed E-state index contributed by atoms with van der Waals surface area (Å²) in [5, 5.41) is 3.01. The first kappa shape index (κ1) is 20.3. The molecule has 1 aliphatic heterocycles. The van der Waals surface area contributed by atoms with Crippen LogP contribution in [0.4, 0.5) is 4.39 Å². The third-order valence-corrected chi connectivity index (χ3v) is 5.05. The Labute approximate surface area is 166 Å². The van der Waals surface area contributed by atoms with Gasteiger partial charge in [0.15, 0.2) is 0 Å². The van der Waals surface area contributed by atoms with Crippen LogP contribution in [0.3, 0.4) is 0 Å². The molecule has 0 aliphatic carbocycles. The molecule has 1 amide bonds. The number of amides is 1. The van der Waals surface area contributed by atoms with Crippen LogP contribution in [0, 0.1) is 5.82 Å². The molecular formula is C23H29FN2O2. The molecule has 4 nitrogen and oxygen atoms in total. The number of halogens is 1. The second-order valence-corrected chi connectivity index (χ2v) is 7.29. The molecule has 0 unspecified atom stereocenters. The van der Waals surface area contributed by atoms with Crippen LogP contribution >= 0.6 is 0 Å². The molecule has 2 aromatic carbocycles. The Morgan fingerprint density at radius 3 is 2.61 bits per heavy atom. The Hall–Kier alpha value is -2.40. The summed E-state index contributed by atoms with van der Waals surface area (Å²) >= 11 is 0. The summed E-state index contributed by atoms with van der Waals surface area (Å²) in [4.78, 5) is 14.6. The first-order chi connectivity index (χ1) is 13.7. The topological polar surface area (TPSA) is 41.6 Å². The molecule has 1 heterocycles. The zero-order chi connectivity index (χ0) is 19.6. The van der Waals surface area contributed by atoms with E-state index in [0.717, 1.165) is 19.6 Å². The van der Waals surface area contributed by atoms with Crippen LogP contribution in [0.1, 0.15) is 43.2 Å². The van der Waals surface area contributed by atoms with Gasteiger partial charge in [-0.3, -0.25) is 9.69 Å². The van der Waals surface area contributed by atoms with E-state index in [4.69, 9.17) is 4.74 Å². The van der Waals surface area contributed by atoms with E-state index in [2.05, 4.69) is 28.4 Å². The van der Waals surface area contributed by atoms with Gasteiger partial charge in [0.1, 0.15) is 11.6 Å². The van der Waals surface area contributed by atoms with Crippen LogP contribution < -0.4 is 10.1 Å². The molecule has 0 radical (unpaired) electrons. The number of hydrogen-bond donors (Lipinski definition) is 1. The SMILES string of the molecule is O=C(CCCOc1cccc(F)c1)NCc1ccccc1CN1CCCCC1. The standard InChI is InChI=1S/C23H29FN2O2/c24-21-10-6-11-22(16-21)28-15-7-12-23(27)25-17-19-8-2-3-9-20(19)18-26-13-4-1-5-14-26/h2-3,6,8-11,16H,1,4-5,7,12-15,17-18H2,(H,25,27). The zero-order valence-electron chi connectivity index (χ0n) is 16.3. The van der Waals surface area contributed by atoms with Gasteiger partial charge >= 0.3 is 0 Å². The van der Waals surface area contributed by atoms with E-state index in [1.807, 2.05) is 6.07 Å². The Balaban J connectivity index is 1.39. The summed E-state index contributed by atoms with van der Waals surface area (Å²) in [6.07, 6.45) is 4.87. The molecule has 1 N–H and O–H groups in total. The van der Waals surface area contributed by atoms with Gasteiger partial charge in [-0.15, -0.1) is 0 Å². The molecule has 5 heteroatoms. The van der Waals surface area contributed by atoms with Gasteiger partial charge in [-0.1, -0.05) is 36.8 Å². The van der Waals surface area contributed by atoms with Gasteiger partial charge in [0, 0.05) is 25.6 Å². The number of carbonyl (C=O) groups excluding carboxylic acids is 1. The summed E-state index contributed by atoms with van der Waals surface area (Å²) in [5.41, 5.74) is 2.47. The highest BCUT2D eigenvalue weighted by molar-refractivity contribution is 5.75. The van der Waals surface area contributed by atoms with E-state index in [0.29, 0.717) is 31.7 Å². The van der Waals surface area contributed by atoms with Crippen LogP contribution in [0.15, 0.2) is 48.5 Å². The van der Waals surface area contributed by atoms with E-state index in [1.54, 1.807) is 12.1 Å². The summed E-state index contributed by atoms with van der Waals surface area (Å²) < 4.78 is 18.6. The van der Waals surface area contributed by atoms with Crippen LogP contribution in [-0.2, 0) is 17.9 Å². The van der Waals surface area contributed by atoms with Crippen LogP contribution in [-0.4, -0.2) is 30.5 Å². The molecule has 150 valence electrons. The minimum atomic E-state index is -0.321. The van der Waals surface area contributed by atoms with Gasteiger partial charge in [-0.05, 0) is 55.6 Å². The number of hydrogen-bond acceptors (Lipinski definition) is 3. The smallest absolute Gasteiger partial charge is 0.220 e. The number of rotatable bonds is 9. The van der Waals surface area contributed by atoms with Crippen molar-refractivity contribution in [1.82, 2.24) is 10.2 Å². The molecule has 0 bridgehead atoms. The monoisotopic (exact) mass is 384 g/mol. The number of nitrogens with zero attached hydrogens (tertiary/aromatic N) is 1. The highest BCUT2D eigenvalue weighted by Gasteiger charge is 2.12. The minimum Gasteiger partial charge on any atom is -0.493 e. The summed E-state index contributed by atoms with van der Waals surface area (Å²) in [7, 11) is 0. The molecule has 28 heavy (non-hydrogen) atoms. The number of carbonyl (C=O) groups is 1. The normalized spacial score (nSPS) is 14.6. The number of piperidine rings is 1. The van der Waals surface area contributed by atoms with Gasteiger partial charge < -0.3 is 10.1 Å². The molecular weight excluding hydrogens is 355 g/mol. The van der Waals surface area contributed by atoms with Crippen LogP contribution in [0.25, 0.3) is 0 Å². The lowest BCUT2D eigenvalue weighted by Crippen LogP contribution is -2.30. The van der Waals surface area contributed by atoms with E-state index < -0.39 is 0 Å². The van der Waals surface area contributed by atoms with Gasteiger partial charge in [0.25, 0.3) is 0 Å². The zero-order valence-corrected chi connectivity index (χ0v) is 16.3. The van der Waals surface area contributed by atoms with Gasteiger partial charge in [-0.25, -0.2) is 4.39 Å². The molecule has 0 spiro atoms. The van der Waals surface area contributed by atoms with Gasteiger partial charge in [-0.2, -0.15) is 0 Å². The maximum atomic E-state index is 13.1. The fourth-order valence-corrected chi connectivity index (χ4v) is 3.50. The summed E-state index contributed by atoms with van der Waals surface area (Å²) in [6, 6.07) is 14.4. The largest absolute Gasteiger partial charge is 0.493 e. The van der Waals surface area contributed by atoms with Crippen molar-refractivity contribution >= 4 is 5.91 Å². The van der Waals surface area contributed by atoms with E-state index >= 15 is 0 Å². The molecule has 1 saturated heterocycles. The molecule has 1 aliphatic rings. The lowest BCUT2D eigenvalue weighted by molar-refractivity contribution is -0.121. The van der Waals surface area contributed by atoms with Crippen molar-refractivity contribution in [3.05, 3.63) is 65.5 Å². The van der Waals surface area contributed by atoms with Gasteiger partial charge in [0.05, 0.1) is 6.61 Å². The molecule has 0 saturated carbocycles. The average Bonchev–Trinajstić information content (AvgIpc) is 2.71. The van der Waals surface area contributed by atoms with Gasteiger partial charge in [0.2, 0.25) is 5.91 Å². The molecule has 2 aromatic rings. The first-order valence-corrected chi connectivity index (χ1v) is 10.1. The fourth-order valence-electron chi connectivity index (χ4n) is 3.50. The third kappa shape index (κ3) is 6.64. The number of likely N-dealkylation sites (tertiary alicyclic amines) is 1. The second kappa shape index (κ2) is 10.8. The Morgan fingerprint density at radius 1 is 1.04 bits per heavy atom. The summed E-state index contributed by atoms with van der Waals surface area (Å²) in [6.45, 7) is 4.21.